The minimum absolute atomic E-state index is 0.0640. The van der Waals surface area contributed by atoms with Gasteiger partial charge in [-0.05, 0) is 24.1 Å². The van der Waals surface area contributed by atoms with Gasteiger partial charge in [0.15, 0.2) is 19.7 Å². The molecule has 0 aliphatic rings. The normalized spacial score (nSPS) is 11.8. The molecule has 0 saturated carbocycles. The first kappa shape index (κ1) is 16.6. The van der Waals surface area contributed by atoms with Crippen LogP contribution < -0.4 is 10.5 Å². The van der Waals surface area contributed by atoms with E-state index in [0.717, 1.165) is 29.0 Å². The number of aromatic nitrogens is 3. The van der Waals surface area contributed by atoms with Gasteiger partial charge < -0.3 is 10.5 Å². The lowest BCUT2D eigenvalue weighted by molar-refractivity contribution is 0.414. The van der Waals surface area contributed by atoms with Gasteiger partial charge in [-0.25, -0.2) is 18.4 Å². The lowest BCUT2D eigenvalue weighted by Gasteiger charge is -2.03. The SMILES string of the molecule is COc1cccc(CCc2nc3c(S(C)(=O)=O)nc(N)nc3s2)c1. The van der Waals surface area contributed by atoms with Gasteiger partial charge >= 0.3 is 0 Å². The third kappa shape index (κ3) is 3.46. The highest BCUT2D eigenvalue weighted by Gasteiger charge is 2.20. The van der Waals surface area contributed by atoms with Gasteiger partial charge in [-0.2, -0.15) is 4.98 Å². The summed E-state index contributed by atoms with van der Waals surface area (Å²) < 4.78 is 28.9. The second-order valence-corrected chi connectivity index (χ2v) is 8.27. The van der Waals surface area contributed by atoms with E-state index in [1.807, 2.05) is 24.3 Å². The third-order valence-corrected chi connectivity index (χ3v) is 5.40. The molecule has 2 N–H and O–H groups in total. The molecule has 1 aromatic carbocycles. The minimum Gasteiger partial charge on any atom is -0.497 e. The molecule has 24 heavy (non-hydrogen) atoms. The van der Waals surface area contributed by atoms with Crippen LogP contribution in [0, 0.1) is 0 Å². The van der Waals surface area contributed by atoms with Crippen LogP contribution in [0.1, 0.15) is 10.6 Å². The Hall–Kier alpha value is -2.26. The van der Waals surface area contributed by atoms with Gasteiger partial charge in [0, 0.05) is 12.7 Å². The summed E-state index contributed by atoms with van der Waals surface area (Å²) in [6.45, 7) is 0. The molecule has 0 aliphatic heterocycles. The molecule has 9 heteroatoms. The topological polar surface area (TPSA) is 108 Å². The molecule has 0 aliphatic carbocycles. The molecule has 3 aromatic rings. The average Bonchev–Trinajstić information content (AvgIpc) is 2.94. The van der Waals surface area contributed by atoms with Crippen LogP contribution in [0.25, 0.3) is 10.3 Å². The number of nitrogens with two attached hydrogens (primary N) is 1. The Kier molecular flexibility index (Phi) is 4.37. The number of anilines is 1. The largest absolute Gasteiger partial charge is 0.497 e. The van der Waals surface area contributed by atoms with Crippen molar-refractivity contribution in [1.82, 2.24) is 15.0 Å². The van der Waals surface area contributed by atoms with Gasteiger partial charge in [-0.3, -0.25) is 0 Å². The quantitative estimate of drug-likeness (QED) is 0.688. The molecule has 7 nitrogen and oxygen atoms in total. The summed E-state index contributed by atoms with van der Waals surface area (Å²) in [6.07, 6.45) is 2.51. The van der Waals surface area contributed by atoms with Crippen molar-refractivity contribution in [3.8, 4) is 5.75 Å². The smallest absolute Gasteiger partial charge is 0.222 e. The number of sulfone groups is 1. The van der Waals surface area contributed by atoms with Crippen molar-refractivity contribution in [3.05, 3.63) is 34.8 Å². The molecule has 0 fully saturated rings. The van der Waals surface area contributed by atoms with E-state index in [1.165, 1.54) is 11.3 Å². The first-order valence-electron chi connectivity index (χ1n) is 7.13. The molecular weight excluding hydrogens is 348 g/mol. The van der Waals surface area contributed by atoms with Gasteiger partial charge in [0.2, 0.25) is 5.95 Å². The molecule has 0 atom stereocenters. The van der Waals surface area contributed by atoms with Crippen molar-refractivity contribution in [3.63, 3.8) is 0 Å². The number of aryl methyl sites for hydroxylation is 2. The zero-order chi connectivity index (χ0) is 17.3. The van der Waals surface area contributed by atoms with E-state index in [0.29, 0.717) is 11.3 Å². The summed E-state index contributed by atoms with van der Waals surface area (Å²) in [5, 5.41) is 0.673. The number of benzene rings is 1. The van der Waals surface area contributed by atoms with Crippen molar-refractivity contribution in [2.24, 2.45) is 0 Å². The first-order chi connectivity index (χ1) is 11.4. The maximum Gasteiger partial charge on any atom is 0.222 e. The van der Waals surface area contributed by atoms with Crippen molar-refractivity contribution >= 4 is 37.5 Å². The summed E-state index contributed by atoms with van der Waals surface area (Å²) in [5.41, 5.74) is 7.01. The molecule has 3 rings (SSSR count). The van der Waals surface area contributed by atoms with Gasteiger partial charge in [0.05, 0.1) is 12.1 Å². The van der Waals surface area contributed by atoms with E-state index in [2.05, 4.69) is 15.0 Å². The van der Waals surface area contributed by atoms with Gasteiger partial charge in [0.1, 0.15) is 11.3 Å². The predicted octanol–water partition coefficient (Wildman–Crippen LogP) is 1.87. The number of nitrogens with zero attached hydrogens (tertiary/aromatic N) is 3. The van der Waals surface area contributed by atoms with Crippen LogP contribution in [0.3, 0.4) is 0 Å². The Balaban J connectivity index is 1.91. The molecule has 126 valence electrons. The van der Waals surface area contributed by atoms with Crippen LogP contribution in [0.15, 0.2) is 29.3 Å². The lowest BCUT2D eigenvalue weighted by Crippen LogP contribution is -2.05. The second kappa shape index (κ2) is 6.33. The number of thiazole rings is 1. The van der Waals surface area contributed by atoms with Gasteiger partial charge in [0.25, 0.3) is 0 Å². The fourth-order valence-corrected chi connectivity index (χ4v) is 4.06. The molecule has 2 aromatic heterocycles. The van der Waals surface area contributed by atoms with Crippen LogP contribution >= 0.6 is 11.3 Å². The maximum atomic E-state index is 11.9. The zero-order valence-corrected chi connectivity index (χ0v) is 14.8. The summed E-state index contributed by atoms with van der Waals surface area (Å²) in [7, 11) is -1.89. The number of methoxy groups -OCH3 is 1. The summed E-state index contributed by atoms with van der Waals surface area (Å²) in [6, 6.07) is 7.79. The molecule has 0 amide bonds. The highest BCUT2D eigenvalue weighted by molar-refractivity contribution is 7.90. The highest BCUT2D eigenvalue weighted by atomic mass is 32.2. The van der Waals surface area contributed by atoms with Gasteiger partial charge in [-0.1, -0.05) is 23.5 Å². The Morgan fingerprint density at radius 1 is 1.21 bits per heavy atom. The van der Waals surface area contributed by atoms with Gasteiger partial charge in [-0.15, -0.1) is 0 Å². The number of hydrogen-bond acceptors (Lipinski definition) is 8. The number of rotatable bonds is 5. The van der Waals surface area contributed by atoms with Crippen LogP contribution in [-0.4, -0.2) is 36.7 Å². The summed E-state index contributed by atoms with van der Waals surface area (Å²) in [4.78, 5) is 12.8. The molecular formula is C15H16N4O3S2. The predicted molar refractivity (Wildman–Crippen MR) is 93.1 cm³/mol. The van der Waals surface area contributed by atoms with Crippen molar-refractivity contribution in [2.45, 2.75) is 17.9 Å². The number of nitrogen functional groups attached to an aromatic ring is 1. The Morgan fingerprint density at radius 3 is 2.71 bits per heavy atom. The highest BCUT2D eigenvalue weighted by Crippen LogP contribution is 2.27. The van der Waals surface area contributed by atoms with Crippen LogP contribution in [0.5, 0.6) is 5.75 Å². The summed E-state index contributed by atoms with van der Waals surface area (Å²) in [5.74, 6) is 0.737. The molecule has 2 heterocycles. The maximum absolute atomic E-state index is 11.9. The lowest BCUT2D eigenvalue weighted by atomic mass is 10.1. The van der Waals surface area contributed by atoms with E-state index < -0.39 is 9.84 Å². The first-order valence-corrected chi connectivity index (χ1v) is 9.83. The number of fused-ring (bicyclic) bond motifs is 1. The Morgan fingerprint density at radius 2 is 2.00 bits per heavy atom. The van der Waals surface area contributed by atoms with E-state index >= 15 is 0 Å². The number of hydrogen-bond donors (Lipinski definition) is 1. The monoisotopic (exact) mass is 364 g/mol. The average molecular weight is 364 g/mol. The van der Waals surface area contributed by atoms with E-state index in [9.17, 15) is 8.42 Å². The molecule has 0 saturated heterocycles. The molecule has 0 bridgehead atoms. The standard InChI is InChI=1S/C15H16N4O3S2/c1-22-10-5-3-4-9(8-10)6-7-11-17-12-13(23-11)18-15(16)19-14(12)24(2,20)21/h3-5,8H,6-7H2,1-2H3,(H2,16,18,19). The Bertz CT molecular complexity index is 999. The Labute approximate surface area is 143 Å². The van der Waals surface area contributed by atoms with Crippen molar-refractivity contribution in [1.29, 1.82) is 0 Å². The molecule has 0 spiro atoms. The van der Waals surface area contributed by atoms with E-state index in [-0.39, 0.29) is 16.5 Å². The van der Waals surface area contributed by atoms with Crippen molar-refractivity contribution in [2.75, 3.05) is 19.1 Å². The van der Waals surface area contributed by atoms with Crippen LogP contribution in [0.4, 0.5) is 5.95 Å². The minimum atomic E-state index is -3.52. The molecule has 0 unspecified atom stereocenters. The zero-order valence-electron chi connectivity index (χ0n) is 13.2. The van der Waals surface area contributed by atoms with E-state index in [1.54, 1.807) is 7.11 Å². The van der Waals surface area contributed by atoms with Crippen molar-refractivity contribution < 1.29 is 13.2 Å². The van der Waals surface area contributed by atoms with Crippen LogP contribution in [-0.2, 0) is 22.7 Å². The number of ether oxygens (including phenoxy) is 1. The summed E-state index contributed by atoms with van der Waals surface area (Å²) >= 11 is 1.33. The fraction of sp³-hybridized carbons (Fsp3) is 0.267. The second-order valence-electron chi connectivity index (χ2n) is 5.27. The van der Waals surface area contributed by atoms with Crippen LogP contribution in [0.2, 0.25) is 0 Å². The third-order valence-electron chi connectivity index (χ3n) is 3.40. The molecule has 0 radical (unpaired) electrons. The van der Waals surface area contributed by atoms with E-state index in [4.69, 9.17) is 10.5 Å². The fourth-order valence-electron chi connectivity index (χ4n) is 2.30.